The zero-order chi connectivity index (χ0) is 18.4. The molecule has 0 aliphatic carbocycles. The molecule has 0 saturated carbocycles. The van der Waals surface area contributed by atoms with Gasteiger partial charge in [-0.05, 0) is 54.8 Å². The molecule has 0 heterocycles. The van der Waals surface area contributed by atoms with Crippen molar-refractivity contribution in [3.05, 3.63) is 47.0 Å². The van der Waals surface area contributed by atoms with Crippen molar-refractivity contribution < 1.29 is 18.9 Å². The Kier molecular flexibility index (Phi) is 6.53. The van der Waals surface area contributed by atoms with E-state index in [9.17, 15) is 0 Å². The lowest BCUT2D eigenvalue weighted by atomic mass is 9.88. The molecular formula is C20H27NO4. The summed E-state index contributed by atoms with van der Waals surface area (Å²) in [5.74, 6) is 3.11. The molecule has 5 nitrogen and oxygen atoms in total. The molecule has 0 fully saturated rings. The van der Waals surface area contributed by atoms with Gasteiger partial charge >= 0.3 is 0 Å². The van der Waals surface area contributed by atoms with Crippen LogP contribution in [0.2, 0.25) is 0 Å². The van der Waals surface area contributed by atoms with Gasteiger partial charge in [-0.1, -0.05) is 6.07 Å². The van der Waals surface area contributed by atoms with Crippen molar-refractivity contribution in [3.8, 4) is 23.0 Å². The van der Waals surface area contributed by atoms with Crippen LogP contribution < -0.4 is 24.7 Å². The largest absolute Gasteiger partial charge is 0.497 e. The van der Waals surface area contributed by atoms with Crippen molar-refractivity contribution in [3.63, 3.8) is 0 Å². The molecule has 2 N–H and O–H groups in total. The summed E-state index contributed by atoms with van der Waals surface area (Å²) in [5, 5.41) is 0. The van der Waals surface area contributed by atoms with Gasteiger partial charge < -0.3 is 24.7 Å². The fourth-order valence-electron chi connectivity index (χ4n) is 3.07. The van der Waals surface area contributed by atoms with Gasteiger partial charge in [0.1, 0.15) is 11.5 Å². The van der Waals surface area contributed by atoms with Crippen LogP contribution in [0.3, 0.4) is 0 Å². The molecule has 0 radical (unpaired) electrons. The number of methoxy groups -OCH3 is 4. The average Bonchev–Trinajstić information content (AvgIpc) is 2.65. The first-order valence-electron chi connectivity index (χ1n) is 8.21. The second kappa shape index (κ2) is 8.62. The van der Waals surface area contributed by atoms with E-state index < -0.39 is 0 Å². The van der Waals surface area contributed by atoms with Gasteiger partial charge in [0.05, 0.1) is 28.4 Å². The van der Waals surface area contributed by atoms with Gasteiger partial charge in [-0.25, -0.2) is 0 Å². The maximum absolute atomic E-state index is 6.08. The molecule has 5 heteroatoms. The van der Waals surface area contributed by atoms with Crippen LogP contribution in [0.1, 0.15) is 22.6 Å². The lowest BCUT2D eigenvalue weighted by Gasteiger charge is -2.21. The molecular weight excluding hydrogens is 318 g/mol. The molecule has 136 valence electrons. The van der Waals surface area contributed by atoms with Gasteiger partial charge in [-0.15, -0.1) is 0 Å². The van der Waals surface area contributed by atoms with E-state index in [2.05, 4.69) is 13.0 Å². The Balaban J connectivity index is 2.38. The van der Waals surface area contributed by atoms with Crippen molar-refractivity contribution >= 4 is 0 Å². The van der Waals surface area contributed by atoms with Gasteiger partial charge in [0, 0.05) is 12.0 Å². The first-order chi connectivity index (χ1) is 12.1. The van der Waals surface area contributed by atoms with Crippen molar-refractivity contribution in [2.45, 2.75) is 19.3 Å². The average molecular weight is 345 g/mol. The predicted octanol–water partition coefficient (Wildman–Crippen LogP) is 3.31. The van der Waals surface area contributed by atoms with Crippen molar-refractivity contribution in [2.75, 3.05) is 35.0 Å². The highest BCUT2D eigenvalue weighted by Gasteiger charge is 2.18. The molecule has 2 rings (SSSR count). The van der Waals surface area contributed by atoms with Crippen LogP contribution in [-0.2, 0) is 6.42 Å². The highest BCUT2D eigenvalue weighted by atomic mass is 16.5. The van der Waals surface area contributed by atoms with E-state index in [4.69, 9.17) is 24.7 Å². The first kappa shape index (κ1) is 18.9. The van der Waals surface area contributed by atoms with Crippen molar-refractivity contribution in [2.24, 2.45) is 5.73 Å². The molecule has 0 aliphatic rings. The number of hydrogen-bond acceptors (Lipinski definition) is 5. The summed E-state index contributed by atoms with van der Waals surface area (Å²) in [7, 11) is 6.56. The van der Waals surface area contributed by atoms with E-state index in [1.807, 2.05) is 24.3 Å². The molecule has 0 amide bonds. The lowest BCUT2D eigenvalue weighted by Crippen LogP contribution is -2.16. The van der Waals surface area contributed by atoms with Crippen LogP contribution in [0.4, 0.5) is 0 Å². The molecule has 2 aromatic carbocycles. The van der Waals surface area contributed by atoms with Crippen molar-refractivity contribution in [1.82, 2.24) is 0 Å². The number of aryl methyl sites for hydroxylation is 1. The van der Waals surface area contributed by atoms with Crippen LogP contribution in [0.5, 0.6) is 23.0 Å². The van der Waals surface area contributed by atoms with E-state index in [1.165, 1.54) is 5.56 Å². The Bertz CT molecular complexity index is 715. The van der Waals surface area contributed by atoms with Crippen LogP contribution in [0.15, 0.2) is 30.3 Å². The third-order valence-corrected chi connectivity index (χ3v) is 4.45. The zero-order valence-corrected chi connectivity index (χ0v) is 15.6. The monoisotopic (exact) mass is 345 g/mol. The smallest absolute Gasteiger partial charge is 0.164 e. The molecule has 0 aliphatic heterocycles. The third kappa shape index (κ3) is 4.17. The normalized spacial score (nSPS) is 11.8. The minimum absolute atomic E-state index is 0.165. The third-order valence-electron chi connectivity index (χ3n) is 4.45. The van der Waals surface area contributed by atoms with Crippen molar-refractivity contribution in [1.29, 1.82) is 0 Å². The molecule has 2 aromatic rings. The van der Waals surface area contributed by atoms with Gasteiger partial charge in [-0.2, -0.15) is 0 Å². The zero-order valence-electron chi connectivity index (χ0n) is 15.6. The Hall–Kier alpha value is -2.40. The molecule has 0 spiro atoms. The van der Waals surface area contributed by atoms with Gasteiger partial charge in [-0.3, -0.25) is 0 Å². The number of nitrogens with two attached hydrogens (primary N) is 1. The van der Waals surface area contributed by atoms with Gasteiger partial charge in [0.25, 0.3) is 0 Å². The minimum atomic E-state index is 0.165. The summed E-state index contributed by atoms with van der Waals surface area (Å²) < 4.78 is 21.6. The number of rotatable bonds is 8. The quantitative estimate of drug-likeness (QED) is 0.795. The highest BCUT2D eigenvalue weighted by Crippen LogP contribution is 2.37. The summed E-state index contributed by atoms with van der Waals surface area (Å²) in [6.45, 7) is 2.61. The number of ether oxygens (including phenoxy) is 4. The molecule has 1 unspecified atom stereocenters. The second-order valence-electron chi connectivity index (χ2n) is 5.88. The molecule has 1 atom stereocenters. The van der Waals surface area contributed by atoms with E-state index in [0.717, 1.165) is 29.0 Å². The molecule has 0 bridgehead atoms. The Morgan fingerprint density at radius 1 is 0.840 bits per heavy atom. The number of hydrogen-bond donors (Lipinski definition) is 1. The highest BCUT2D eigenvalue weighted by molar-refractivity contribution is 5.51. The summed E-state index contributed by atoms with van der Waals surface area (Å²) in [4.78, 5) is 0. The Labute approximate surface area is 149 Å². The molecule has 0 saturated heterocycles. The van der Waals surface area contributed by atoms with Gasteiger partial charge in [0.2, 0.25) is 0 Å². The summed E-state index contributed by atoms with van der Waals surface area (Å²) in [6, 6.07) is 9.89. The minimum Gasteiger partial charge on any atom is -0.497 e. The van der Waals surface area contributed by atoms with E-state index in [-0.39, 0.29) is 5.92 Å². The Morgan fingerprint density at radius 3 is 2.00 bits per heavy atom. The SMILES string of the molecule is COc1ccc(C(CN)Cc2cc(OC)c(OC)cc2OC)c(C)c1. The number of benzene rings is 2. The van der Waals surface area contributed by atoms with Gasteiger partial charge in [0.15, 0.2) is 11.5 Å². The topological polar surface area (TPSA) is 62.9 Å². The van der Waals surface area contributed by atoms with Crippen LogP contribution in [0.25, 0.3) is 0 Å². The van der Waals surface area contributed by atoms with Crippen LogP contribution >= 0.6 is 0 Å². The first-order valence-corrected chi connectivity index (χ1v) is 8.21. The predicted molar refractivity (Wildman–Crippen MR) is 99.3 cm³/mol. The molecule has 0 aromatic heterocycles. The van der Waals surface area contributed by atoms with E-state index >= 15 is 0 Å². The second-order valence-corrected chi connectivity index (χ2v) is 5.88. The van der Waals surface area contributed by atoms with Crippen LogP contribution in [0, 0.1) is 6.92 Å². The fourth-order valence-corrected chi connectivity index (χ4v) is 3.07. The maximum Gasteiger partial charge on any atom is 0.164 e. The Morgan fingerprint density at radius 2 is 1.48 bits per heavy atom. The molecule has 25 heavy (non-hydrogen) atoms. The summed E-state index contributed by atoms with van der Waals surface area (Å²) in [6.07, 6.45) is 0.743. The summed E-state index contributed by atoms with van der Waals surface area (Å²) in [5.41, 5.74) is 9.49. The fraction of sp³-hybridized carbons (Fsp3) is 0.400. The van der Waals surface area contributed by atoms with E-state index in [0.29, 0.717) is 18.0 Å². The van der Waals surface area contributed by atoms with Crippen LogP contribution in [-0.4, -0.2) is 35.0 Å². The maximum atomic E-state index is 6.08. The van der Waals surface area contributed by atoms with E-state index in [1.54, 1.807) is 28.4 Å². The summed E-state index contributed by atoms with van der Waals surface area (Å²) >= 11 is 0. The lowest BCUT2D eigenvalue weighted by molar-refractivity contribution is 0.347. The standard InChI is InChI=1S/C20H27NO4/c1-13-8-16(22-2)6-7-17(13)15(12-21)9-14-10-19(24-4)20(25-5)11-18(14)23-3/h6-8,10-11,15H,9,12,21H2,1-5H3.